The summed E-state index contributed by atoms with van der Waals surface area (Å²) < 4.78 is 51.5. The molecule has 1 amide bonds. The van der Waals surface area contributed by atoms with Crippen molar-refractivity contribution in [2.45, 2.75) is 17.4 Å². The van der Waals surface area contributed by atoms with Crippen LogP contribution in [0.5, 0.6) is 0 Å². The average molecular weight is 539 g/mol. The summed E-state index contributed by atoms with van der Waals surface area (Å²) in [5.74, 6) is -0.103. The molecule has 0 aliphatic carbocycles. The molecule has 34 heavy (non-hydrogen) atoms. The Morgan fingerprint density at radius 1 is 1.12 bits per heavy atom. The van der Waals surface area contributed by atoms with Crippen molar-refractivity contribution in [1.29, 1.82) is 0 Å². The van der Waals surface area contributed by atoms with Crippen LogP contribution in [0.4, 0.5) is 5.82 Å². The molecule has 1 aliphatic heterocycles. The fourth-order valence-corrected chi connectivity index (χ4v) is 6.32. The highest BCUT2D eigenvalue weighted by molar-refractivity contribution is 7.92. The minimum atomic E-state index is -3.93. The quantitative estimate of drug-likeness (QED) is 0.474. The van der Waals surface area contributed by atoms with Gasteiger partial charge in [-0.25, -0.2) is 27.0 Å². The SMILES string of the molecule is NS(=O)(=O)c1ccccc1-c1ccc(N2CC[C@H](NS(=O)(=O)/C=C/c3ccc(Cl)s3)C2=O)nc1. The highest BCUT2D eigenvalue weighted by Gasteiger charge is 2.35. The van der Waals surface area contributed by atoms with E-state index in [0.29, 0.717) is 26.2 Å². The molecular formula is C21H19ClN4O5S3. The Labute approximate surface area is 206 Å². The van der Waals surface area contributed by atoms with Crippen LogP contribution in [0.2, 0.25) is 4.34 Å². The van der Waals surface area contributed by atoms with Gasteiger partial charge in [-0.3, -0.25) is 9.69 Å². The Balaban J connectivity index is 1.48. The summed E-state index contributed by atoms with van der Waals surface area (Å²) in [6.07, 6.45) is 3.13. The number of benzene rings is 1. The summed E-state index contributed by atoms with van der Waals surface area (Å²) >= 11 is 7.08. The van der Waals surface area contributed by atoms with Gasteiger partial charge < -0.3 is 0 Å². The predicted octanol–water partition coefficient (Wildman–Crippen LogP) is 2.81. The van der Waals surface area contributed by atoms with Gasteiger partial charge in [0.2, 0.25) is 26.0 Å². The third-order valence-corrected chi connectivity index (χ3v) is 8.32. The molecule has 1 atom stereocenters. The Morgan fingerprint density at radius 3 is 2.53 bits per heavy atom. The Hall–Kier alpha value is -2.61. The zero-order valence-electron chi connectivity index (χ0n) is 17.5. The van der Waals surface area contributed by atoms with E-state index in [9.17, 15) is 21.6 Å². The lowest BCUT2D eigenvalue weighted by Gasteiger charge is -2.16. The smallest absolute Gasteiger partial charge is 0.246 e. The molecule has 0 saturated carbocycles. The van der Waals surface area contributed by atoms with E-state index >= 15 is 0 Å². The van der Waals surface area contributed by atoms with Crippen LogP contribution in [-0.2, 0) is 24.8 Å². The monoisotopic (exact) mass is 538 g/mol. The van der Waals surface area contributed by atoms with Crippen LogP contribution < -0.4 is 14.8 Å². The van der Waals surface area contributed by atoms with Crippen molar-refractivity contribution in [2.75, 3.05) is 11.4 Å². The number of nitrogens with one attached hydrogen (secondary N) is 1. The molecule has 1 aromatic carbocycles. The predicted molar refractivity (Wildman–Crippen MR) is 132 cm³/mol. The first-order chi connectivity index (χ1) is 16.0. The fourth-order valence-electron chi connectivity index (χ4n) is 3.49. The highest BCUT2D eigenvalue weighted by atomic mass is 35.5. The first kappa shape index (κ1) is 24.5. The number of halogens is 1. The van der Waals surface area contributed by atoms with Crippen molar-refractivity contribution < 1.29 is 21.6 Å². The number of thiophene rings is 1. The molecular weight excluding hydrogens is 520 g/mol. The number of amides is 1. The molecule has 3 N–H and O–H groups in total. The summed E-state index contributed by atoms with van der Waals surface area (Å²) in [5, 5.41) is 6.30. The van der Waals surface area contributed by atoms with Gasteiger partial charge in [-0.15, -0.1) is 11.3 Å². The molecule has 4 rings (SSSR count). The van der Waals surface area contributed by atoms with E-state index in [1.165, 1.54) is 34.6 Å². The van der Waals surface area contributed by atoms with E-state index in [4.69, 9.17) is 16.7 Å². The van der Waals surface area contributed by atoms with Crippen molar-refractivity contribution in [3.05, 3.63) is 69.3 Å². The maximum Gasteiger partial charge on any atom is 0.246 e. The topological polar surface area (TPSA) is 140 Å². The van der Waals surface area contributed by atoms with Crippen molar-refractivity contribution in [3.63, 3.8) is 0 Å². The molecule has 0 radical (unpaired) electrons. The van der Waals surface area contributed by atoms with Gasteiger partial charge >= 0.3 is 0 Å². The van der Waals surface area contributed by atoms with Gasteiger partial charge in [-0.1, -0.05) is 29.8 Å². The first-order valence-electron chi connectivity index (χ1n) is 9.89. The molecule has 3 heterocycles. The summed E-state index contributed by atoms with van der Waals surface area (Å²) in [7, 11) is -7.79. The largest absolute Gasteiger partial charge is 0.295 e. The van der Waals surface area contributed by atoms with Gasteiger partial charge in [0.1, 0.15) is 11.9 Å². The number of hydrogen-bond donors (Lipinski definition) is 2. The molecule has 0 spiro atoms. The minimum Gasteiger partial charge on any atom is -0.295 e. The van der Waals surface area contributed by atoms with Crippen molar-refractivity contribution >= 4 is 60.8 Å². The minimum absolute atomic E-state index is 0.0332. The molecule has 3 aromatic rings. The molecule has 178 valence electrons. The molecule has 2 aromatic heterocycles. The third kappa shape index (κ3) is 5.54. The van der Waals surface area contributed by atoms with Gasteiger partial charge in [0.15, 0.2) is 0 Å². The van der Waals surface area contributed by atoms with Gasteiger partial charge in [0, 0.05) is 34.2 Å². The van der Waals surface area contributed by atoms with Gasteiger partial charge in [-0.2, -0.15) is 4.72 Å². The first-order valence-corrected chi connectivity index (χ1v) is 14.2. The van der Waals surface area contributed by atoms with Crippen LogP contribution in [0, 0.1) is 0 Å². The summed E-state index contributed by atoms with van der Waals surface area (Å²) in [5.41, 5.74) is 0.900. The lowest BCUT2D eigenvalue weighted by molar-refractivity contribution is -0.118. The van der Waals surface area contributed by atoms with E-state index < -0.39 is 32.0 Å². The summed E-state index contributed by atoms with van der Waals surface area (Å²) in [6.45, 7) is 0.274. The zero-order chi connectivity index (χ0) is 24.5. The fraction of sp³-hybridized carbons (Fsp3) is 0.143. The van der Waals surface area contributed by atoms with Crippen LogP contribution in [0.25, 0.3) is 17.2 Å². The van der Waals surface area contributed by atoms with Crippen LogP contribution in [0.1, 0.15) is 11.3 Å². The third-order valence-electron chi connectivity index (χ3n) is 5.05. The normalized spacial score (nSPS) is 17.1. The molecule has 1 aliphatic rings. The van der Waals surface area contributed by atoms with Crippen molar-refractivity contribution in [1.82, 2.24) is 9.71 Å². The lowest BCUT2D eigenvalue weighted by Crippen LogP contribution is -2.40. The van der Waals surface area contributed by atoms with E-state index in [1.54, 1.807) is 42.5 Å². The number of anilines is 1. The number of nitrogens with zero attached hydrogens (tertiary/aromatic N) is 2. The lowest BCUT2D eigenvalue weighted by atomic mass is 10.1. The Morgan fingerprint density at radius 2 is 1.88 bits per heavy atom. The average Bonchev–Trinajstić information content (AvgIpc) is 3.37. The second-order valence-corrected chi connectivity index (χ2v) is 12.3. The molecule has 9 nitrogen and oxygen atoms in total. The molecule has 13 heteroatoms. The molecule has 1 fully saturated rings. The molecule has 1 saturated heterocycles. The van der Waals surface area contributed by atoms with Gasteiger partial charge in [0.05, 0.1) is 9.23 Å². The number of aromatic nitrogens is 1. The standard InChI is InChI=1S/C21H19ClN4O5S3/c22-19-7-6-15(32-19)10-12-33(28,29)25-17-9-11-26(21(17)27)20-8-5-14(13-24-20)16-3-1-2-4-18(16)34(23,30)31/h1-8,10,12-13,17,25H,9,11H2,(H2,23,30,31)/b12-10+/t17-/m0/s1. The summed E-state index contributed by atoms with van der Waals surface area (Å²) in [6, 6.07) is 11.9. The van der Waals surface area contributed by atoms with E-state index in [2.05, 4.69) is 9.71 Å². The number of nitrogens with two attached hydrogens (primary N) is 1. The van der Waals surface area contributed by atoms with Gasteiger partial charge in [-0.05, 0) is 42.8 Å². The van der Waals surface area contributed by atoms with Gasteiger partial charge in [0.25, 0.3) is 0 Å². The molecule has 0 bridgehead atoms. The van der Waals surface area contributed by atoms with Crippen LogP contribution in [0.3, 0.4) is 0 Å². The van der Waals surface area contributed by atoms with Crippen molar-refractivity contribution in [2.24, 2.45) is 5.14 Å². The van der Waals surface area contributed by atoms with Crippen LogP contribution in [-0.4, -0.2) is 40.3 Å². The van der Waals surface area contributed by atoms with Crippen LogP contribution >= 0.6 is 22.9 Å². The number of pyridine rings is 1. The second-order valence-electron chi connectivity index (χ2n) is 7.38. The number of hydrogen-bond acceptors (Lipinski definition) is 7. The number of carbonyl (C=O) groups is 1. The number of sulfonamides is 2. The summed E-state index contributed by atoms with van der Waals surface area (Å²) in [4.78, 5) is 19.1. The maximum absolute atomic E-state index is 12.8. The second kappa shape index (κ2) is 9.56. The van der Waals surface area contributed by atoms with E-state index in [1.807, 2.05) is 0 Å². The van der Waals surface area contributed by atoms with Crippen molar-refractivity contribution in [3.8, 4) is 11.1 Å². The molecule has 0 unspecified atom stereocenters. The number of rotatable bonds is 7. The maximum atomic E-state index is 12.8. The van der Waals surface area contributed by atoms with E-state index in [0.717, 1.165) is 5.41 Å². The highest BCUT2D eigenvalue weighted by Crippen LogP contribution is 2.28. The number of carbonyl (C=O) groups excluding carboxylic acids is 1. The Kier molecular flexibility index (Phi) is 6.90. The van der Waals surface area contributed by atoms with Crippen LogP contribution in [0.15, 0.2) is 65.0 Å². The number of primary sulfonamides is 1. The zero-order valence-corrected chi connectivity index (χ0v) is 20.7. The van der Waals surface area contributed by atoms with E-state index in [-0.39, 0.29) is 17.9 Å². The Bertz CT molecular complexity index is 1470.